The second-order valence-electron chi connectivity index (χ2n) is 5.82. The topological polar surface area (TPSA) is 40.6 Å². The lowest BCUT2D eigenvalue weighted by Crippen LogP contribution is -2.51. The highest BCUT2D eigenvalue weighted by atomic mass is 35.5. The summed E-state index contributed by atoms with van der Waals surface area (Å²) in [5.74, 6) is 0.863. The molecule has 120 valence electrons. The lowest BCUT2D eigenvalue weighted by atomic mass is 10.2. The average molecular weight is 359 g/mol. The summed E-state index contributed by atoms with van der Waals surface area (Å²) in [4.78, 5) is 29.6. The van der Waals surface area contributed by atoms with Crippen LogP contribution in [0.2, 0.25) is 4.34 Å². The van der Waals surface area contributed by atoms with E-state index in [-0.39, 0.29) is 22.7 Å². The zero-order valence-electron chi connectivity index (χ0n) is 12.7. The number of likely N-dealkylation sites (N-methyl/N-ethyl adjacent to an activating group) is 1. The zero-order chi connectivity index (χ0) is 15.9. The number of amides is 2. The van der Waals surface area contributed by atoms with Gasteiger partial charge in [0.1, 0.15) is 6.04 Å². The molecule has 0 N–H and O–H groups in total. The number of hydrogen-bond donors (Lipinski definition) is 0. The Balaban J connectivity index is 1.75. The van der Waals surface area contributed by atoms with E-state index in [1.54, 1.807) is 11.8 Å². The summed E-state index contributed by atoms with van der Waals surface area (Å²) in [5, 5.41) is 0. The van der Waals surface area contributed by atoms with Crippen LogP contribution in [0.25, 0.3) is 0 Å². The van der Waals surface area contributed by atoms with Crippen LogP contribution in [0.1, 0.15) is 31.6 Å². The molecule has 2 aliphatic rings. The van der Waals surface area contributed by atoms with Crippen molar-refractivity contribution >= 4 is 46.5 Å². The molecule has 2 saturated heterocycles. The van der Waals surface area contributed by atoms with Gasteiger partial charge in [-0.2, -0.15) is 0 Å². The third-order valence-electron chi connectivity index (χ3n) is 4.40. The molecular formula is C15H19ClN2O2S2. The molecular weight excluding hydrogens is 340 g/mol. The van der Waals surface area contributed by atoms with Gasteiger partial charge in [-0.25, -0.2) is 0 Å². The van der Waals surface area contributed by atoms with Gasteiger partial charge in [0, 0.05) is 23.6 Å². The van der Waals surface area contributed by atoms with Gasteiger partial charge in [-0.3, -0.25) is 9.59 Å². The number of fused-ring (bicyclic) bond motifs is 1. The fourth-order valence-electron chi connectivity index (χ4n) is 3.18. The summed E-state index contributed by atoms with van der Waals surface area (Å²) in [5.41, 5.74) is 0. The first kappa shape index (κ1) is 16.1. The molecule has 7 heteroatoms. The highest BCUT2D eigenvalue weighted by molar-refractivity contribution is 8.01. The summed E-state index contributed by atoms with van der Waals surface area (Å²) in [6.07, 6.45) is 1.40. The Morgan fingerprint density at radius 3 is 2.95 bits per heavy atom. The first-order chi connectivity index (χ1) is 10.4. The number of carbonyl (C=O) groups is 2. The summed E-state index contributed by atoms with van der Waals surface area (Å²) in [6, 6.07) is 3.49. The van der Waals surface area contributed by atoms with E-state index in [1.165, 1.54) is 11.3 Å². The lowest BCUT2D eigenvalue weighted by Gasteiger charge is -2.32. The van der Waals surface area contributed by atoms with Gasteiger partial charge in [-0.15, -0.1) is 23.1 Å². The molecule has 2 fully saturated rings. The molecule has 2 aliphatic heterocycles. The van der Waals surface area contributed by atoms with Crippen LogP contribution in [0.15, 0.2) is 12.1 Å². The Morgan fingerprint density at radius 1 is 1.55 bits per heavy atom. The molecule has 0 aliphatic carbocycles. The van der Waals surface area contributed by atoms with Gasteiger partial charge in [0.05, 0.1) is 15.8 Å². The van der Waals surface area contributed by atoms with Crippen LogP contribution >= 0.6 is 34.7 Å². The van der Waals surface area contributed by atoms with E-state index in [9.17, 15) is 9.59 Å². The second kappa shape index (κ2) is 6.06. The van der Waals surface area contributed by atoms with E-state index >= 15 is 0 Å². The van der Waals surface area contributed by atoms with Gasteiger partial charge < -0.3 is 9.80 Å². The molecule has 2 amide bonds. The van der Waals surface area contributed by atoms with Crippen molar-refractivity contribution in [3.63, 3.8) is 0 Å². The van der Waals surface area contributed by atoms with Crippen molar-refractivity contribution in [3.05, 3.63) is 21.3 Å². The normalized spacial score (nSPS) is 27.3. The second-order valence-corrected chi connectivity index (χ2v) is 9.12. The van der Waals surface area contributed by atoms with Crippen molar-refractivity contribution in [1.29, 1.82) is 0 Å². The van der Waals surface area contributed by atoms with Crippen LogP contribution in [0, 0.1) is 0 Å². The highest BCUT2D eigenvalue weighted by Gasteiger charge is 2.53. The standard InChI is InChI=1S/C15H19ClN2O2S2/c1-3-17(8-10-4-5-12(16)22-10)14(20)11-9-21-15(2)7-6-13(19)18(11)15/h4-5,11H,3,6-9H2,1-2H3. The minimum atomic E-state index is -0.319. The van der Waals surface area contributed by atoms with Crippen LogP contribution in [-0.2, 0) is 16.1 Å². The van der Waals surface area contributed by atoms with E-state index in [0.717, 1.165) is 15.6 Å². The minimum Gasteiger partial charge on any atom is -0.336 e. The van der Waals surface area contributed by atoms with Crippen molar-refractivity contribution in [2.45, 2.75) is 44.1 Å². The third-order valence-corrected chi connectivity index (χ3v) is 7.12. The van der Waals surface area contributed by atoms with Crippen molar-refractivity contribution in [1.82, 2.24) is 9.80 Å². The molecule has 0 saturated carbocycles. The molecule has 2 unspecified atom stereocenters. The number of carbonyl (C=O) groups excluding carboxylic acids is 2. The Labute approximate surface area is 143 Å². The maximum absolute atomic E-state index is 12.9. The Hall–Kier alpha value is -0.720. The zero-order valence-corrected chi connectivity index (χ0v) is 15.1. The van der Waals surface area contributed by atoms with Crippen LogP contribution < -0.4 is 0 Å². The minimum absolute atomic E-state index is 0.0542. The predicted molar refractivity (Wildman–Crippen MR) is 91.2 cm³/mol. The number of thiophene rings is 1. The van der Waals surface area contributed by atoms with E-state index < -0.39 is 0 Å². The molecule has 0 bridgehead atoms. The molecule has 4 nitrogen and oxygen atoms in total. The van der Waals surface area contributed by atoms with Gasteiger partial charge in [0.2, 0.25) is 11.8 Å². The molecule has 22 heavy (non-hydrogen) atoms. The quantitative estimate of drug-likeness (QED) is 0.829. The average Bonchev–Trinajstić information content (AvgIpc) is 3.12. The first-order valence-electron chi connectivity index (χ1n) is 7.44. The molecule has 3 heterocycles. The molecule has 0 spiro atoms. The molecule has 0 radical (unpaired) electrons. The largest absolute Gasteiger partial charge is 0.336 e. The summed E-state index contributed by atoms with van der Waals surface area (Å²) in [7, 11) is 0. The molecule has 1 aromatic heterocycles. The summed E-state index contributed by atoms with van der Waals surface area (Å²) >= 11 is 9.19. The maximum Gasteiger partial charge on any atom is 0.246 e. The summed E-state index contributed by atoms with van der Waals surface area (Å²) in [6.45, 7) is 5.24. The van der Waals surface area contributed by atoms with E-state index in [4.69, 9.17) is 11.6 Å². The number of hydrogen-bond acceptors (Lipinski definition) is 4. The van der Waals surface area contributed by atoms with Crippen molar-refractivity contribution in [2.75, 3.05) is 12.3 Å². The number of rotatable bonds is 4. The first-order valence-corrected chi connectivity index (χ1v) is 9.62. The Morgan fingerprint density at radius 2 is 2.32 bits per heavy atom. The van der Waals surface area contributed by atoms with Gasteiger partial charge >= 0.3 is 0 Å². The van der Waals surface area contributed by atoms with Crippen molar-refractivity contribution in [3.8, 4) is 0 Å². The molecule has 2 atom stereocenters. The smallest absolute Gasteiger partial charge is 0.246 e. The molecule has 1 aromatic rings. The van der Waals surface area contributed by atoms with Crippen molar-refractivity contribution < 1.29 is 9.59 Å². The Kier molecular flexibility index (Phi) is 4.45. The fraction of sp³-hybridized carbons (Fsp3) is 0.600. The van der Waals surface area contributed by atoms with Crippen LogP contribution in [0.3, 0.4) is 0 Å². The Bertz CT molecular complexity index is 606. The van der Waals surface area contributed by atoms with Gasteiger partial charge in [-0.1, -0.05) is 11.6 Å². The van der Waals surface area contributed by atoms with Gasteiger partial charge in [0.25, 0.3) is 0 Å². The van der Waals surface area contributed by atoms with Crippen LogP contribution in [0.5, 0.6) is 0 Å². The van der Waals surface area contributed by atoms with Crippen LogP contribution in [-0.4, -0.2) is 44.8 Å². The number of thioether (sulfide) groups is 1. The van der Waals surface area contributed by atoms with E-state index in [0.29, 0.717) is 25.3 Å². The predicted octanol–water partition coefficient (Wildman–Crippen LogP) is 3.20. The SMILES string of the molecule is CCN(Cc1ccc(Cl)s1)C(=O)C1CSC2(C)CCC(=O)N12. The van der Waals surface area contributed by atoms with E-state index in [2.05, 4.69) is 6.92 Å². The van der Waals surface area contributed by atoms with Gasteiger partial charge in [0.15, 0.2) is 0 Å². The number of halogens is 1. The number of nitrogens with zero attached hydrogens (tertiary/aromatic N) is 2. The summed E-state index contributed by atoms with van der Waals surface area (Å²) < 4.78 is 0.734. The molecule has 0 aromatic carbocycles. The fourth-order valence-corrected chi connectivity index (χ4v) is 5.71. The highest BCUT2D eigenvalue weighted by Crippen LogP contribution is 2.47. The van der Waals surface area contributed by atoms with E-state index in [1.807, 2.05) is 28.9 Å². The van der Waals surface area contributed by atoms with Crippen LogP contribution in [0.4, 0.5) is 0 Å². The van der Waals surface area contributed by atoms with Gasteiger partial charge in [-0.05, 0) is 32.4 Å². The monoisotopic (exact) mass is 358 g/mol. The maximum atomic E-state index is 12.9. The lowest BCUT2D eigenvalue weighted by molar-refractivity contribution is -0.144. The third kappa shape index (κ3) is 2.76. The van der Waals surface area contributed by atoms with Crippen molar-refractivity contribution in [2.24, 2.45) is 0 Å². The molecule has 3 rings (SSSR count).